The first-order valence-electron chi connectivity index (χ1n) is 12.5. The second-order valence-corrected chi connectivity index (χ2v) is 9.76. The number of nitrogens with zero attached hydrogens (tertiary/aromatic N) is 3. The number of fused-ring (bicyclic) bond motifs is 1. The molecule has 9 nitrogen and oxygen atoms in total. The number of amides is 1. The highest BCUT2D eigenvalue weighted by Gasteiger charge is 2.20. The lowest BCUT2D eigenvalue weighted by Crippen LogP contribution is -2.32. The maximum Gasteiger partial charge on any atom is 0.407 e. The van der Waals surface area contributed by atoms with Gasteiger partial charge in [-0.3, -0.25) is 9.79 Å². The van der Waals surface area contributed by atoms with Gasteiger partial charge in [0.1, 0.15) is 11.7 Å². The second-order valence-electron chi connectivity index (χ2n) is 9.76. The number of aliphatic imine (C=N–C) groups is 1. The normalized spacial score (nSPS) is 12.3. The van der Waals surface area contributed by atoms with Crippen LogP contribution in [0.25, 0.3) is 16.3 Å². The summed E-state index contributed by atoms with van der Waals surface area (Å²) in [7, 11) is 1.66. The van der Waals surface area contributed by atoms with Gasteiger partial charge in [0.25, 0.3) is 5.56 Å². The van der Waals surface area contributed by atoms with Gasteiger partial charge in [-0.2, -0.15) is 10.4 Å². The van der Waals surface area contributed by atoms with Crippen LogP contribution < -0.4 is 16.6 Å². The second kappa shape index (κ2) is 11.7. The summed E-state index contributed by atoms with van der Waals surface area (Å²) in [4.78, 5) is 29.3. The van der Waals surface area contributed by atoms with E-state index in [1.807, 2.05) is 13.0 Å². The van der Waals surface area contributed by atoms with Gasteiger partial charge in [0, 0.05) is 29.8 Å². The molecule has 2 aromatic carbocycles. The van der Waals surface area contributed by atoms with Crippen LogP contribution in [0, 0.1) is 11.3 Å². The summed E-state index contributed by atoms with van der Waals surface area (Å²) in [6.07, 6.45) is 2.38. The Bertz CT molecular complexity index is 1520. The third-order valence-corrected chi connectivity index (χ3v) is 6.06. The number of nitrogens with one attached hydrogen (secondary N) is 2. The zero-order valence-electron chi connectivity index (χ0n) is 22.7. The van der Waals surface area contributed by atoms with E-state index < -0.39 is 11.7 Å². The molecule has 0 atom stereocenters. The molecule has 0 saturated carbocycles. The number of aromatic nitrogens is 2. The Kier molecular flexibility index (Phi) is 8.68. The molecule has 0 radical (unpaired) electrons. The molecule has 0 spiro atoms. The number of hydrogen-bond donors (Lipinski definition) is 3. The van der Waals surface area contributed by atoms with E-state index >= 15 is 0 Å². The van der Waals surface area contributed by atoms with E-state index in [9.17, 15) is 14.9 Å². The van der Waals surface area contributed by atoms with Crippen molar-refractivity contribution in [1.82, 2.24) is 15.5 Å². The van der Waals surface area contributed by atoms with E-state index in [4.69, 9.17) is 10.5 Å². The van der Waals surface area contributed by atoms with Gasteiger partial charge in [0.05, 0.1) is 28.9 Å². The summed E-state index contributed by atoms with van der Waals surface area (Å²) >= 11 is 0. The molecule has 0 bridgehead atoms. The van der Waals surface area contributed by atoms with Crippen molar-refractivity contribution in [2.24, 2.45) is 10.7 Å². The Hall–Kier alpha value is -4.45. The fraction of sp³-hybridized carbons (Fsp3) is 0.345. The number of allylic oxidation sites excluding steroid dienone is 1. The molecule has 198 valence electrons. The highest BCUT2D eigenvalue weighted by molar-refractivity contribution is 6.32. The molecule has 9 heteroatoms. The Morgan fingerprint density at radius 2 is 1.95 bits per heavy atom. The monoisotopic (exact) mass is 514 g/mol. The van der Waals surface area contributed by atoms with Crippen LogP contribution in [-0.4, -0.2) is 34.7 Å². The van der Waals surface area contributed by atoms with Gasteiger partial charge >= 0.3 is 6.09 Å². The number of ether oxygens (including phenoxy) is 1. The van der Waals surface area contributed by atoms with Crippen molar-refractivity contribution < 1.29 is 9.53 Å². The van der Waals surface area contributed by atoms with Crippen molar-refractivity contribution in [3.8, 4) is 6.07 Å². The summed E-state index contributed by atoms with van der Waals surface area (Å²) in [5.74, 6) is 0. The Morgan fingerprint density at radius 1 is 1.21 bits per heavy atom. The molecule has 38 heavy (non-hydrogen) atoms. The number of hydrogen-bond acceptors (Lipinski definition) is 7. The van der Waals surface area contributed by atoms with Crippen LogP contribution in [0.2, 0.25) is 0 Å². The fourth-order valence-corrected chi connectivity index (χ4v) is 4.26. The first-order chi connectivity index (χ1) is 18.1. The molecule has 3 aromatic rings. The summed E-state index contributed by atoms with van der Waals surface area (Å²) in [6, 6.07) is 11.6. The summed E-state index contributed by atoms with van der Waals surface area (Å²) in [5.41, 5.74) is 10.8. The Morgan fingerprint density at radius 3 is 2.53 bits per heavy atom. The van der Waals surface area contributed by atoms with Crippen LogP contribution in [0.4, 0.5) is 4.79 Å². The maximum absolute atomic E-state index is 12.5. The lowest BCUT2D eigenvalue weighted by molar-refractivity contribution is 0.0523. The Labute approximate surface area is 222 Å². The molecule has 1 heterocycles. The van der Waals surface area contributed by atoms with Gasteiger partial charge < -0.3 is 15.8 Å². The quantitative estimate of drug-likeness (QED) is 0.399. The number of aryl methyl sites for hydroxylation is 2. The number of nitrogens with two attached hydrogens (primary N) is 1. The lowest BCUT2D eigenvalue weighted by Gasteiger charge is -2.19. The van der Waals surface area contributed by atoms with Crippen LogP contribution in [0.1, 0.15) is 68.1 Å². The molecule has 3 rings (SSSR count). The fourth-order valence-electron chi connectivity index (χ4n) is 4.26. The highest BCUT2D eigenvalue weighted by Crippen LogP contribution is 2.28. The molecule has 1 aromatic heterocycles. The van der Waals surface area contributed by atoms with Crippen LogP contribution in [0.15, 0.2) is 46.3 Å². The van der Waals surface area contributed by atoms with Crippen molar-refractivity contribution in [1.29, 1.82) is 5.26 Å². The van der Waals surface area contributed by atoms with Gasteiger partial charge in [0.15, 0.2) is 0 Å². The third kappa shape index (κ3) is 6.09. The van der Waals surface area contributed by atoms with Crippen LogP contribution in [-0.2, 0) is 24.1 Å². The number of benzene rings is 2. The molecule has 0 saturated heterocycles. The SMILES string of the molecule is CCc1cc(CC)c(C#N)c(C(=NC)C(=CN)c2ccc3c(=O)[nH]nc(CNC(=O)OC(C)(C)C)c3c2)c1. The minimum Gasteiger partial charge on any atom is -0.444 e. The average molecular weight is 515 g/mol. The molecular formula is C29H34N6O3. The number of rotatable bonds is 7. The number of carbonyl (C=O) groups excluding carboxylic acids is 1. The van der Waals surface area contributed by atoms with Gasteiger partial charge in [-0.1, -0.05) is 26.0 Å². The molecule has 0 unspecified atom stereocenters. The van der Waals surface area contributed by atoms with E-state index in [1.54, 1.807) is 46.0 Å². The number of aromatic amines is 1. The molecule has 0 fully saturated rings. The average Bonchev–Trinajstić information content (AvgIpc) is 2.89. The summed E-state index contributed by atoms with van der Waals surface area (Å²) in [6.45, 7) is 9.45. The van der Waals surface area contributed by atoms with Gasteiger partial charge in [-0.15, -0.1) is 0 Å². The van der Waals surface area contributed by atoms with E-state index in [0.29, 0.717) is 50.9 Å². The van der Waals surface area contributed by atoms with Crippen LogP contribution in [0.3, 0.4) is 0 Å². The van der Waals surface area contributed by atoms with Crippen molar-refractivity contribution in [2.45, 2.75) is 59.6 Å². The van der Waals surface area contributed by atoms with Gasteiger partial charge in [-0.05, 0) is 68.5 Å². The number of alkyl carbamates (subject to hydrolysis) is 1. The first-order valence-corrected chi connectivity index (χ1v) is 12.5. The molecule has 0 aliphatic heterocycles. The minimum atomic E-state index is -0.649. The van der Waals surface area contributed by atoms with Crippen molar-refractivity contribution in [2.75, 3.05) is 7.05 Å². The highest BCUT2D eigenvalue weighted by atomic mass is 16.6. The summed E-state index contributed by atoms with van der Waals surface area (Å²) < 4.78 is 5.31. The predicted octanol–water partition coefficient (Wildman–Crippen LogP) is 4.36. The Balaban J connectivity index is 2.11. The van der Waals surface area contributed by atoms with E-state index in [1.165, 1.54) is 6.20 Å². The van der Waals surface area contributed by atoms with Gasteiger partial charge in [-0.25, -0.2) is 9.89 Å². The predicted molar refractivity (Wildman–Crippen MR) is 150 cm³/mol. The smallest absolute Gasteiger partial charge is 0.407 e. The first kappa shape index (κ1) is 28.1. The zero-order valence-corrected chi connectivity index (χ0v) is 22.7. The number of H-pyrrole nitrogens is 1. The van der Waals surface area contributed by atoms with E-state index in [-0.39, 0.29) is 12.1 Å². The maximum atomic E-state index is 12.5. The number of nitriles is 1. The van der Waals surface area contributed by atoms with Crippen LogP contribution >= 0.6 is 0 Å². The van der Waals surface area contributed by atoms with E-state index in [0.717, 1.165) is 17.5 Å². The van der Waals surface area contributed by atoms with Crippen molar-refractivity contribution >= 4 is 28.2 Å². The third-order valence-electron chi connectivity index (χ3n) is 6.06. The van der Waals surface area contributed by atoms with Gasteiger partial charge in [0.2, 0.25) is 0 Å². The topological polar surface area (TPSA) is 146 Å². The minimum absolute atomic E-state index is 0.0407. The summed E-state index contributed by atoms with van der Waals surface area (Å²) in [5, 5.41) is 20.3. The van der Waals surface area contributed by atoms with Crippen LogP contribution in [0.5, 0.6) is 0 Å². The largest absolute Gasteiger partial charge is 0.444 e. The molecule has 0 aliphatic carbocycles. The molecular weight excluding hydrogens is 480 g/mol. The van der Waals surface area contributed by atoms with E-state index in [2.05, 4.69) is 39.6 Å². The van der Waals surface area contributed by atoms with Crippen molar-refractivity contribution in [3.05, 3.63) is 80.4 Å². The standard InChI is InChI=1S/C29H34N6O3/c1-7-17-11-18(8-2)23(14-30)22(12-17)26(32-6)24(15-31)19-9-10-20-21(13-19)25(34-35-27(20)36)16-33-28(37)38-29(3,4)5/h9-13,15H,7-8,16,31H2,1-6H3,(H,33,37)(H,35,36). The molecule has 0 aliphatic rings. The lowest BCUT2D eigenvalue weighted by atomic mass is 9.88. The number of carbonyl (C=O) groups is 1. The molecule has 4 N–H and O–H groups in total. The zero-order chi connectivity index (χ0) is 28.0. The van der Waals surface area contributed by atoms with Crippen molar-refractivity contribution in [3.63, 3.8) is 0 Å². The molecule has 1 amide bonds.